The molecule has 1 aromatic carbocycles. The van der Waals surface area contributed by atoms with Gasteiger partial charge in [-0.3, -0.25) is 14.6 Å². The van der Waals surface area contributed by atoms with Crippen molar-refractivity contribution in [3.8, 4) is 0 Å². The fourth-order valence-corrected chi connectivity index (χ4v) is 4.46. The van der Waals surface area contributed by atoms with E-state index in [2.05, 4.69) is 10.3 Å². The van der Waals surface area contributed by atoms with E-state index >= 15 is 0 Å². The Bertz CT molecular complexity index is 990. The maximum Gasteiger partial charge on any atom is 0.352 e. The van der Waals surface area contributed by atoms with Gasteiger partial charge in [0.25, 0.3) is 5.91 Å². The van der Waals surface area contributed by atoms with E-state index in [4.69, 9.17) is 11.6 Å². The molecule has 0 atom stereocenters. The molecule has 1 saturated carbocycles. The third kappa shape index (κ3) is 3.78. The van der Waals surface area contributed by atoms with E-state index in [0.717, 1.165) is 25.7 Å². The number of para-hydroxylation sites is 1. The first kappa shape index (κ1) is 20.7. The summed E-state index contributed by atoms with van der Waals surface area (Å²) in [5.41, 5.74) is 1.14. The largest absolute Gasteiger partial charge is 0.352 e. The van der Waals surface area contributed by atoms with Gasteiger partial charge in [0, 0.05) is 18.8 Å². The van der Waals surface area contributed by atoms with Crippen LogP contribution in [0, 0.1) is 12.8 Å². The number of anilines is 1. The molecule has 30 heavy (non-hydrogen) atoms. The lowest BCUT2D eigenvalue weighted by atomic mass is 9.85. The molecule has 1 N–H and O–H groups in total. The lowest BCUT2D eigenvalue weighted by Crippen LogP contribution is -2.42. The van der Waals surface area contributed by atoms with Crippen molar-refractivity contribution in [3.63, 3.8) is 0 Å². The molecule has 5 nitrogen and oxygen atoms in total. The van der Waals surface area contributed by atoms with Crippen LogP contribution in [0.5, 0.6) is 0 Å². The lowest BCUT2D eigenvalue weighted by Gasteiger charge is -2.32. The molecule has 1 aliphatic carbocycles. The van der Waals surface area contributed by atoms with E-state index in [1.54, 1.807) is 25.1 Å². The number of hydrogen-bond acceptors (Lipinski definition) is 3. The summed E-state index contributed by atoms with van der Waals surface area (Å²) >= 11 is 5.94. The number of fused-ring (bicyclic) bond motifs is 1. The molecule has 2 amide bonds. The van der Waals surface area contributed by atoms with E-state index in [9.17, 15) is 18.4 Å². The zero-order valence-corrected chi connectivity index (χ0v) is 17.3. The highest BCUT2D eigenvalue weighted by atomic mass is 35.5. The first-order chi connectivity index (χ1) is 14.3. The van der Waals surface area contributed by atoms with E-state index < -0.39 is 11.8 Å². The van der Waals surface area contributed by atoms with Crippen molar-refractivity contribution in [2.24, 2.45) is 5.92 Å². The topological polar surface area (TPSA) is 62.3 Å². The zero-order chi connectivity index (χ0) is 21.5. The first-order valence-corrected chi connectivity index (χ1v) is 10.4. The molecule has 0 saturated heterocycles. The Hall–Kier alpha value is -2.54. The summed E-state index contributed by atoms with van der Waals surface area (Å²) in [4.78, 5) is 30.2. The van der Waals surface area contributed by atoms with Crippen molar-refractivity contribution in [2.45, 2.75) is 44.6 Å². The molecule has 8 heteroatoms. The van der Waals surface area contributed by atoms with Gasteiger partial charge in [-0.05, 0) is 50.7 Å². The Kier molecular flexibility index (Phi) is 5.49. The van der Waals surface area contributed by atoms with Gasteiger partial charge in [0.05, 0.1) is 27.5 Å². The Morgan fingerprint density at radius 3 is 2.70 bits per heavy atom. The van der Waals surface area contributed by atoms with Gasteiger partial charge in [-0.15, -0.1) is 0 Å². The molecule has 0 spiro atoms. The van der Waals surface area contributed by atoms with Gasteiger partial charge in [0.15, 0.2) is 0 Å². The molecule has 0 radical (unpaired) electrons. The second-order valence-corrected chi connectivity index (χ2v) is 8.42. The van der Waals surface area contributed by atoms with Crippen LogP contribution in [-0.2, 0) is 10.7 Å². The van der Waals surface area contributed by atoms with Gasteiger partial charge in [0.2, 0.25) is 0 Å². The van der Waals surface area contributed by atoms with Crippen LogP contribution in [0.4, 0.5) is 14.5 Å². The fraction of sp³-hybridized carbons (Fsp3) is 0.409. The third-order valence-corrected chi connectivity index (χ3v) is 6.17. The number of nitrogens with one attached hydrogen (secondary N) is 1. The van der Waals surface area contributed by atoms with Crippen molar-refractivity contribution in [3.05, 3.63) is 58.4 Å². The SMILES string of the molecule is Cc1ncc(Cl)cc1C(=O)NC1CCC(CN2C(=O)C(F)(F)c3ccccc32)CC1. The predicted octanol–water partition coefficient (Wildman–Crippen LogP) is 4.47. The third-order valence-electron chi connectivity index (χ3n) is 5.97. The molecule has 2 heterocycles. The average molecular weight is 434 g/mol. The lowest BCUT2D eigenvalue weighted by molar-refractivity contribution is -0.141. The molecular formula is C22H22ClF2N3O2. The molecule has 158 valence electrons. The van der Waals surface area contributed by atoms with E-state index in [1.165, 1.54) is 23.2 Å². The minimum absolute atomic E-state index is 0.00450. The highest BCUT2D eigenvalue weighted by Crippen LogP contribution is 2.44. The number of amides is 2. The number of hydrogen-bond donors (Lipinski definition) is 1. The Balaban J connectivity index is 1.36. The number of halogens is 3. The van der Waals surface area contributed by atoms with Crippen LogP contribution < -0.4 is 10.2 Å². The number of carbonyl (C=O) groups is 2. The highest BCUT2D eigenvalue weighted by molar-refractivity contribution is 6.30. The summed E-state index contributed by atoms with van der Waals surface area (Å²) in [6.45, 7) is 2.02. The van der Waals surface area contributed by atoms with Crippen LogP contribution in [0.25, 0.3) is 0 Å². The number of benzene rings is 1. The number of aromatic nitrogens is 1. The van der Waals surface area contributed by atoms with Crippen molar-refractivity contribution >= 4 is 29.1 Å². The predicted molar refractivity (Wildman–Crippen MR) is 110 cm³/mol. The molecule has 1 aromatic heterocycles. The van der Waals surface area contributed by atoms with Gasteiger partial charge < -0.3 is 10.2 Å². The maximum atomic E-state index is 14.3. The number of carbonyl (C=O) groups excluding carboxylic acids is 2. The molecule has 1 aliphatic heterocycles. The summed E-state index contributed by atoms with van der Waals surface area (Å²) in [7, 11) is 0. The second kappa shape index (κ2) is 7.95. The normalized spacial score (nSPS) is 22.7. The summed E-state index contributed by atoms with van der Waals surface area (Å²) in [6, 6.07) is 7.67. The molecule has 0 unspecified atom stereocenters. The van der Waals surface area contributed by atoms with Crippen molar-refractivity contribution in [2.75, 3.05) is 11.4 Å². The molecule has 1 fully saturated rings. The number of alkyl halides is 2. The van der Waals surface area contributed by atoms with Gasteiger partial charge in [-0.1, -0.05) is 29.8 Å². The summed E-state index contributed by atoms with van der Waals surface area (Å²) < 4.78 is 28.6. The molecule has 0 bridgehead atoms. The number of pyridine rings is 1. The Morgan fingerprint density at radius 1 is 1.27 bits per heavy atom. The standard InChI is InChI=1S/C22H22ClF2N3O2/c1-13-17(10-15(23)11-26-13)20(29)27-16-8-6-14(7-9-16)12-28-19-5-3-2-4-18(19)22(24,25)21(28)30/h2-5,10-11,14,16H,6-9,12H2,1H3,(H,27,29). The maximum absolute atomic E-state index is 14.3. The summed E-state index contributed by atoms with van der Waals surface area (Å²) in [6.07, 6.45) is 4.44. The average Bonchev–Trinajstić information content (AvgIpc) is 2.92. The second-order valence-electron chi connectivity index (χ2n) is 7.98. The highest BCUT2D eigenvalue weighted by Gasteiger charge is 2.52. The molecular weight excluding hydrogens is 412 g/mol. The van der Waals surface area contributed by atoms with E-state index in [-0.39, 0.29) is 30.0 Å². The van der Waals surface area contributed by atoms with Crippen LogP contribution in [0.3, 0.4) is 0 Å². The van der Waals surface area contributed by atoms with E-state index in [0.29, 0.717) is 22.0 Å². The molecule has 2 aromatic rings. The van der Waals surface area contributed by atoms with Crippen molar-refractivity contribution in [1.82, 2.24) is 10.3 Å². The smallest absolute Gasteiger partial charge is 0.349 e. The summed E-state index contributed by atoms with van der Waals surface area (Å²) in [5, 5.41) is 3.42. The van der Waals surface area contributed by atoms with Crippen LogP contribution in [0.15, 0.2) is 36.5 Å². The van der Waals surface area contributed by atoms with Crippen LogP contribution in [0.2, 0.25) is 5.02 Å². The van der Waals surface area contributed by atoms with Crippen molar-refractivity contribution < 1.29 is 18.4 Å². The van der Waals surface area contributed by atoms with E-state index in [1.807, 2.05) is 0 Å². The quantitative estimate of drug-likeness (QED) is 0.773. The van der Waals surface area contributed by atoms with Crippen LogP contribution >= 0.6 is 11.6 Å². The number of aryl methyl sites for hydroxylation is 1. The summed E-state index contributed by atoms with van der Waals surface area (Å²) in [5.74, 6) is -4.72. The van der Waals surface area contributed by atoms with Gasteiger partial charge in [-0.25, -0.2) is 0 Å². The fourth-order valence-electron chi connectivity index (χ4n) is 4.30. The monoisotopic (exact) mass is 433 g/mol. The zero-order valence-electron chi connectivity index (χ0n) is 16.5. The minimum atomic E-state index is -3.47. The van der Waals surface area contributed by atoms with Gasteiger partial charge >= 0.3 is 11.8 Å². The minimum Gasteiger partial charge on any atom is -0.349 e. The Morgan fingerprint density at radius 2 is 1.97 bits per heavy atom. The number of nitrogens with zero attached hydrogens (tertiary/aromatic N) is 2. The van der Waals surface area contributed by atoms with Crippen LogP contribution in [-0.4, -0.2) is 29.4 Å². The van der Waals surface area contributed by atoms with Gasteiger partial charge in [0.1, 0.15) is 0 Å². The first-order valence-electron chi connectivity index (χ1n) is 9.99. The number of rotatable bonds is 4. The molecule has 2 aliphatic rings. The van der Waals surface area contributed by atoms with Gasteiger partial charge in [-0.2, -0.15) is 8.78 Å². The van der Waals surface area contributed by atoms with Crippen LogP contribution in [0.1, 0.15) is 47.3 Å². The van der Waals surface area contributed by atoms with Crippen molar-refractivity contribution in [1.29, 1.82) is 0 Å². The molecule has 4 rings (SSSR count). The Labute approximate surface area is 178 Å².